The fourth-order valence-corrected chi connectivity index (χ4v) is 1.97. The third-order valence-corrected chi connectivity index (χ3v) is 2.86. The van der Waals surface area contributed by atoms with E-state index in [0.717, 1.165) is 16.7 Å². The first-order valence-corrected chi connectivity index (χ1v) is 5.55. The second kappa shape index (κ2) is 5.06. The molecular formula is C14H15FN2. The summed E-state index contributed by atoms with van der Waals surface area (Å²) >= 11 is 0. The minimum Gasteiger partial charge on any atom is -0.309 e. The number of aromatic nitrogens is 1. The quantitative estimate of drug-likeness (QED) is 0.877. The van der Waals surface area contributed by atoms with Gasteiger partial charge in [-0.1, -0.05) is 12.1 Å². The van der Waals surface area contributed by atoms with Gasteiger partial charge in [0, 0.05) is 12.4 Å². The van der Waals surface area contributed by atoms with Crippen LogP contribution in [0.1, 0.15) is 22.7 Å². The van der Waals surface area contributed by atoms with Gasteiger partial charge in [-0.15, -0.1) is 0 Å². The van der Waals surface area contributed by atoms with Crippen LogP contribution in [-0.4, -0.2) is 12.0 Å². The van der Waals surface area contributed by atoms with Crippen LogP contribution in [0.15, 0.2) is 42.7 Å². The SMILES string of the molecule is CNC(c1cccc(F)c1)c1cnccc1C. The molecule has 1 N–H and O–H groups in total. The van der Waals surface area contributed by atoms with Crippen LogP contribution in [0.5, 0.6) is 0 Å². The predicted molar refractivity (Wildman–Crippen MR) is 66.3 cm³/mol. The maximum atomic E-state index is 13.2. The molecule has 2 aromatic rings. The lowest BCUT2D eigenvalue weighted by atomic mass is 9.97. The van der Waals surface area contributed by atoms with Gasteiger partial charge in [0.05, 0.1) is 6.04 Å². The fraction of sp³-hybridized carbons (Fsp3) is 0.214. The molecule has 0 aliphatic rings. The van der Waals surface area contributed by atoms with Crippen molar-refractivity contribution in [3.63, 3.8) is 0 Å². The van der Waals surface area contributed by atoms with Crippen LogP contribution in [0.2, 0.25) is 0 Å². The summed E-state index contributed by atoms with van der Waals surface area (Å²) in [6.45, 7) is 2.03. The van der Waals surface area contributed by atoms with Crippen LogP contribution in [-0.2, 0) is 0 Å². The highest BCUT2D eigenvalue weighted by molar-refractivity contribution is 5.34. The van der Waals surface area contributed by atoms with Gasteiger partial charge >= 0.3 is 0 Å². The van der Waals surface area contributed by atoms with Crippen LogP contribution < -0.4 is 5.32 Å². The monoisotopic (exact) mass is 230 g/mol. The lowest BCUT2D eigenvalue weighted by molar-refractivity contribution is 0.616. The van der Waals surface area contributed by atoms with Gasteiger partial charge in [0.25, 0.3) is 0 Å². The van der Waals surface area contributed by atoms with Gasteiger partial charge in [0.2, 0.25) is 0 Å². The summed E-state index contributed by atoms with van der Waals surface area (Å²) in [4.78, 5) is 4.13. The van der Waals surface area contributed by atoms with Crippen molar-refractivity contribution in [3.8, 4) is 0 Å². The molecule has 0 fully saturated rings. The van der Waals surface area contributed by atoms with Crippen molar-refractivity contribution in [2.45, 2.75) is 13.0 Å². The van der Waals surface area contributed by atoms with Gasteiger partial charge in [-0.25, -0.2) is 4.39 Å². The molecule has 1 heterocycles. The highest BCUT2D eigenvalue weighted by atomic mass is 19.1. The smallest absolute Gasteiger partial charge is 0.123 e. The molecule has 0 bridgehead atoms. The van der Waals surface area contributed by atoms with Crippen molar-refractivity contribution >= 4 is 0 Å². The summed E-state index contributed by atoms with van der Waals surface area (Å²) in [6.07, 6.45) is 3.58. The Morgan fingerprint density at radius 3 is 2.76 bits per heavy atom. The van der Waals surface area contributed by atoms with E-state index in [9.17, 15) is 4.39 Å². The van der Waals surface area contributed by atoms with Gasteiger partial charge in [0.15, 0.2) is 0 Å². The van der Waals surface area contributed by atoms with Gasteiger partial charge in [0.1, 0.15) is 5.82 Å². The zero-order valence-electron chi connectivity index (χ0n) is 9.94. The summed E-state index contributed by atoms with van der Waals surface area (Å²) in [6, 6.07) is 8.57. The standard InChI is InChI=1S/C14H15FN2/c1-10-6-7-17-9-13(10)14(16-2)11-4-3-5-12(15)8-11/h3-9,14,16H,1-2H3. The first-order chi connectivity index (χ1) is 8.22. The average molecular weight is 230 g/mol. The number of hydrogen-bond donors (Lipinski definition) is 1. The van der Waals surface area contributed by atoms with Crippen molar-refractivity contribution in [2.24, 2.45) is 0 Å². The number of nitrogens with one attached hydrogen (secondary N) is 1. The van der Waals surface area contributed by atoms with E-state index in [1.165, 1.54) is 6.07 Å². The Balaban J connectivity index is 2.44. The molecule has 0 aliphatic heterocycles. The van der Waals surface area contributed by atoms with Crippen molar-refractivity contribution in [2.75, 3.05) is 7.05 Å². The number of rotatable bonds is 3. The molecule has 88 valence electrons. The van der Waals surface area contributed by atoms with Crippen molar-refractivity contribution in [1.82, 2.24) is 10.3 Å². The number of nitrogens with zero attached hydrogens (tertiary/aromatic N) is 1. The zero-order valence-corrected chi connectivity index (χ0v) is 9.94. The van der Waals surface area contributed by atoms with Crippen molar-refractivity contribution in [3.05, 3.63) is 65.2 Å². The van der Waals surface area contributed by atoms with Crippen LogP contribution >= 0.6 is 0 Å². The van der Waals surface area contributed by atoms with Crippen LogP contribution in [0.25, 0.3) is 0 Å². The van der Waals surface area contributed by atoms with E-state index < -0.39 is 0 Å². The average Bonchev–Trinajstić information content (AvgIpc) is 2.33. The summed E-state index contributed by atoms with van der Waals surface area (Å²) in [5, 5.41) is 3.20. The molecule has 0 saturated heterocycles. The summed E-state index contributed by atoms with van der Waals surface area (Å²) in [5.41, 5.74) is 3.12. The predicted octanol–water partition coefficient (Wildman–Crippen LogP) is 2.84. The normalized spacial score (nSPS) is 12.4. The third kappa shape index (κ3) is 2.50. The lowest BCUT2D eigenvalue weighted by Gasteiger charge is -2.18. The third-order valence-electron chi connectivity index (χ3n) is 2.86. The van der Waals surface area contributed by atoms with E-state index >= 15 is 0 Å². The zero-order chi connectivity index (χ0) is 12.3. The van der Waals surface area contributed by atoms with E-state index in [1.807, 2.05) is 32.3 Å². The molecule has 0 saturated carbocycles. The second-order valence-electron chi connectivity index (χ2n) is 4.01. The molecule has 1 unspecified atom stereocenters. The Kier molecular flexibility index (Phi) is 3.49. The number of aryl methyl sites for hydroxylation is 1. The summed E-state index contributed by atoms with van der Waals surface area (Å²) in [7, 11) is 1.86. The van der Waals surface area contributed by atoms with E-state index in [4.69, 9.17) is 0 Å². The Bertz CT molecular complexity index is 511. The molecule has 0 aliphatic carbocycles. The minimum atomic E-state index is -0.218. The molecule has 1 aromatic heterocycles. The molecule has 2 rings (SSSR count). The van der Waals surface area contributed by atoms with E-state index in [0.29, 0.717) is 0 Å². The van der Waals surface area contributed by atoms with Crippen molar-refractivity contribution in [1.29, 1.82) is 0 Å². The van der Waals surface area contributed by atoms with Gasteiger partial charge < -0.3 is 5.32 Å². The Morgan fingerprint density at radius 1 is 1.29 bits per heavy atom. The maximum absolute atomic E-state index is 13.2. The summed E-state index contributed by atoms with van der Waals surface area (Å²) < 4.78 is 13.2. The van der Waals surface area contributed by atoms with E-state index in [1.54, 1.807) is 18.3 Å². The van der Waals surface area contributed by atoms with Gasteiger partial charge in [-0.2, -0.15) is 0 Å². The van der Waals surface area contributed by atoms with Crippen LogP contribution in [0, 0.1) is 12.7 Å². The molecule has 1 atom stereocenters. The molecular weight excluding hydrogens is 215 g/mol. The Morgan fingerprint density at radius 2 is 2.12 bits per heavy atom. The first kappa shape index (κ1) is 11.7. The van der Waals surface area contributed by atoms with Gasteiger partial charge in [-0.05, 0) is 48.9 Å². The molecule has 0 amide bonds. The van der Waals surface area contributed by atoms with E-state index in [-0.39, 0.29) is 11.9 Å². The van der Waals surface area contributed by atoms with Crippen molar-refractivity contribution < 1.29 is 4.39 Å². The fourth-order valence-electron chi connectivity index (χ4n) is 1.97. The molecule has 0 spiro atoms. The molecule has 17 heavy (non-hydrogen) atoms. The number of pyridine rings is 1. The summed E-state index contributed by atoms with van der Waals surface area (Å²) in [5.74, 6) is -0.218. The van der Waals surface area contributed by atoms with Gasteiger partial charge in [-0.3, -0.25) is 4.98 Å². The van der Waals surface area contributed by atoms with Crippen LogP contribution in [0.4, 0.5) is 4.39 Å². The minimum absolute atomic E-state index is 0.0283. The lowest BCUT2D eigenvalue weighted by Crippen LogP contribution is -2.19. The largest absolute Gasteiger partial charge is 0.309 e. The number of halogens is 1. The first-order valence-electron chi connectivity index (χ1n) is 5.55. The number of benzene rings is 1. The molecule has 1 aromatic carbocycles. The Hall–Kier alpha value is -1.74. The van der Waals surface area contributed by atoms with Crippen LogP contribution in [0.3, 0.4) is 0 Å². The molecule has 0 radical (unpaired) electrons. The second-order valence-corrected chi connectivity index (χ2v) is 4.01. The molecule has 2 nitrogen and oxygen atoms in total. The Labute approximate surface area is 101 Å². The maximum Gasteiger partial charge on any atom is 0.123 e. The molecule has 3 heteroatoms. The highest BCUT2D eigenvalue weighted by Crippen LogP contribution is 2.24. The highest BCUT2D eigenvalue weighted by Gasteiger charge is 2.14. The number of hydrogen-bond acceptors (Lipinski definition) is 2. The van der Waals surface area contributed by atoms with E-state index in [2.05, 4.69) is 10.3 Å². The topological polar surface area (TPSA) is 24.9 Å².